The van der Waals surface area contributed by atoms with Gasteiger partial charge in [0, 0.05) is 10.9 Å². The van der Waals surface area contributed by atoms with Gasteiger partial charge in [0.25, 0.3) is 0 Å². The van der Waals surface area contributed by atoms with Crippen LogP contribution in [0.15, 0.2) is 23.6 Å². The molecule has 1 N–H and O–H groups in total. The molecule has 0 aliphatic rings. The molecule has 2 rings (SSSR count). The molecule has 5 heteroatoms. The Morgan fingerprint density at radius 1 is 1.44 bits per heavy atom. The first-order valence-corrected chi connectivity index (χ1v) is 5.76. The Hall–Kier alpha value is -1.33. The van der Waals surface area contributed by atoms with Crippen LogP contribution in [0, 0.1) is 12.7 Å². The van der Waals surface area contributed by atoms with Gasteiger partial charge in [-0.2, -0.15) is 0 Å². The van der Waals surface area contributed by atoms with E-state index in [0.717, 1.165) is 11.3 Å². The van der Waals surface area contributed by atoms with Gasteiger partial charge in [0.2, 0.25) is 0 Å². The molecule has 1 atom stereocenters. The van der Waals surface area contributed by atoms with Gasteiger partial charge < -0.3 is 5.32 Å². The second-order valence-corrected chi connectivity index (χ2v) is 4.19. The summed E-state index contributed by atoms with van der Waals surface area (Å²) in [6.07, 6.45) is 0. The number of nitrogens with zero attached hydrogens (tertiary/aromatic N) is 2. The zero-order valence-corrected chi connectivity index (χ0v) is 9.88. The van der Waals surface area contributed by atoms with Crippen molar-refractivity contribution in [3.05, 3.63) is 46.2 Å². The second kappa shape index (κ2) is 4.67. The normalized spacial score (nSPS) is 12.7. The fourth-order valence-corrected chi connectivity index (χ4v) is 2.12. The molecule has 16 heavy (non-hydrogen) atoms. The lowest BCUT2D eigenvalue weighted by atomic mass is 10.0. The van der Waals surface area contributed by atoms with E-state index >= 15 is 0 Å². The highest BCUT2D eigenvalue weighted by molar-refractivity contribution is 7.03. The summed E-state index contributed by atoms with van der Waals surface area (Å²) in [4.78, 5) is 0. The molecule has 1 unspecified atom stereocenters. The van der Waals surface area contributed by atoms with Crippen molar-refractivity contribution >= 4 is 11.5 Å². The average Bonchev–Trinajstić information content (AvgIpc) is 2.78. The SMILES string of the molecule is CNC(c1csnn1)c1cc(C)ccc1F. The molecule has 2 aromatic rings. The van der Waals surface area contributed by atoms with E-state index in [-0.39, 0.29) is 11.9 Å². The average molecular weight is 237 g/mol. The lowest BCUT2D eigenvalue weighted by Crippen LogP contribution is -2.19. The highest BCUT2D eigenvalue weighted by Gasteiger charge is 2.18. The number of halogens is 1. The molecule has 0 aliphatic carbocycles. The molecule has 1 heterocycles. The Bertz CT molecular complexity index is 470. The summed E-state index contributed by atoms with van der Waals surface area (Å²) in [5.41, 5.74) is 2.38. The first-order chi connectivity index (χ1) is 7.72. The van der Waals surface area contributed by atoms with E-state index in [9.17, 15) is 4.39 Å². The third-order valence-corrected chi connectivity index (χ3v) is 2.95. The van der Waals surface area contributed by atoms with Crippen molar-refractivity contribution in [3.8, 4) is 0 Å². The first kappa shape index (κ1) is 11.2. The summed E-state index contributed by atoms with van der Waals surface area (Å²) in [7, 11) is 1.78. The van der Waals surface area contributed by atoms with Gasteiger partial charge in [0.1, 0.15) is 5.82 Å². The van der Waals surface area contributed by atoms with Crippen molar-refractivity contribution in [1.82, 2.24) is 14.9 Å². The van der Waals surface area contributed by atoms with Gasteiger partial charge in [-0.15, -0.1) is 5.10 Å². The van der Waals surface area contributed by atoms with E-state index in [4.69, 9.17) is 0 Å². The van der Waals surface area contributed by atoms with Crippen LogP contribution < -0.4 is 5.32 Å². The molecule has 3 nitrogen and oxygen atoms in total. The Morgan fingerprint density at radius 3 is 2.88 bits per heavy atom. The highest BCUT2D eigenvalue weighted by Crippen LogP contribution is 2.24. The minimum atomic E-state index is -0.237. The Morgan fingerprint density at radius 2 is 2.25 bits per heavy atom. The molecule has 84 valence electrons. The smallest absolute Gasteiger partial charge is 0.128 e. The van der Waals surface area contributed by atoms with E-state index in [1.54, 1.807) is 13.1 Å². The van der Waals surface area contributed by atoms with Crippen LogP contribution in [0.5, 0.6) is 0 Å². The fourth-order valence-electron chi connectivity index (χ4n) is 1.64. The molecule has 0 saturated carbocycles. The minimum absolute atomic E-state index is 0.224. The van der Waals surface area contributed by atoms with Gasteiger partial charge in [0.15, 0.2) is 0 Å². The van der Waals surface area contributed by atoms with E-state index < -0.39 is 0 Å². The van der Waals surface area contributed by atoms with Gasteiger partial charge in [-0.3, -0.25) is 0 Å². The van der Waals surface area contributed by atoms with Gasteiger partial charge in [-0.25, -0.2) is 4.39 Å². The summed E-state index contributed by atoms with van der Waals surface area (Å²) >= 11 is 1.26. The van der Waals surface area contributed by atoms with Crippen LogP contribution in [-0.2, 0) is 0 Å². The Balaban J connectivity index is 2.44. The maximum Gasteiger partial charge on any atom is 0.128 e. The molecular weight excluding hydrogens is 225 g/mol. The molecule has 0 spiro atoms. The number of benzene rings is 1. The van der Waals surface area contributed by atoms with Crippen molar-refractivity contribution in [3.63, 3.8) is 0 Å². The van der Waals surface area contributed by atoms with Gasteiger partial charge in [-0.05, 0) is 31.6 Å². The molecule has 0 saturated heterocycles. The topological polar surface area (TPSA) is 37.8 Å². The first-order valence-electron chi connectivity index (χ1n) is 4.92. The van der Waals surface area contributed by atoms with E-state index in [1.165, 1.54) is 17.6 Å². The van der Waals surface area contributed by atoms with Crippen molar-refractivity contribution in [2.24, 2.45) is 0 Å². The maximum atomic E-state index is 13.7. The van der Waals surface area contributed by atoms with Crippen LogP contribution >= 0.6 is 11.5 Å². The van der Waals surface area contributed by atoms with E-state index in [0.29, 0.717) is 5.56 Å². The molecule has 1 aromatic carbocycles. The minimum Gasteiger partial charge on any atom is -0.308 e. The molecule has 0 radical (unpaired) electrons. The van der Waals surface area contributed by atoms with Crippen molar-refractivity contribution in [2.45, 2.75) is 13.0 Å². The zero-order chi connectivity index (χ0) is 11.5. The van der Waals surface area contributed by atoms with Gasteiger partial charge in [0.05, 0.1) is 11.7 Å². The summed E-state index contributed by atoms with van der Waals surface area (Å²) in [5, 5.41) is 8.85. The summed E-state index contributed by atoms with van der Waals surface area (Å²) in [6.45, 7) is 1.94. The van der Waals surface area contributed by atoms with Gasteiger partial charge in [-0.1, -0.05) is 22.2 Å². The Kier molecular flexibility index (Phi) is 3.26. The summed E-state index contributed by atoms with van der Waals surface area (Å²) in [6, 6.07) is 4.83. The highest BCUT2D eigenvalue weighted by atomic mass is 32.1. The summed E-state index contributed by atoms with van der Waals surface area (Å²) < 4.78 is 17.5. The molecular formula is C11H12FN3S. The quantitative estimate of drug-likeness (QED) is 0.890. The molecule has 0 fully saturated rings. The van der Waals surface area contributed by atoms with Crippen LogP contribution in [-0.4, -0.2) is 16.6 Å². The van der Waals surface area contributed by atoms with E-state index in [1.807, 2.05) is 18.4 Å². The lowest BCUT2D eigenvalue weighted by molar-refractivity contribution is 0.569. The number of aromatic nitrogens is 2. The van der Waals surface area contributed by atoms with Crippen molar-refractivity contribution in [1.29, 1.82) is 0 Å². The molecule has 0 amide bonds. The predicted octanol–water partition coefficient (Wildman–Crippen LogP) is 2.29. The van der Waals surface area contributed by atoms with Crippen LogP contribution in [0.4, 0.5) is 4.39 Å². The molecule has 1 aromatic heterocycles. The number of rotatable bonds is 3. The zero-order valence-electron chi connectivity index (χ0n) is 9.07. The monoisotopic (exact) mass is 237 g/mol. The predicted molar refractivity (Wildman–Crippen MR) is 61.9 cm³/mol. The molecule has 0 aliphatic heterocycles. The van der Waals surface area contributed by atoms with Crippen LogP contribution in [0.3, 0.4) is 0 Å². The number of nitrogens with one attached hydrogen (secondary N) is 1. The van der Waals surface area contributed by atoms with Crippen molar-refractivity contribution < 1.29 is 4.39 Å². The maximum absolute atomic E-state index is 13.7. The number of aryl methyl sites for hydroxylation is 1. The molecule has 0 bridgehead atoms. The second-order valence-electron chi connectivity index (χ2n) is 3.58. The number of hydrogen-bond donors (Lipinski definition) is 1. The van der Waals surface area contributed by atoms with Crippen LogP contribution in [0.1, 0.15) is 22.9 Å². The fraction of sp³-hybridized carbons (Fsp3) is 0.273. The van der Waals surface area contributed by atoms with Gasteiger partial charge >= 0.3 is 0 Å². The van der Waals surface area contributed by atoms with Crippen LogP contribution in [0.2, 0.25) is 0 Å². The van der Waals surface area contributed by atoms with Crippen molar-refractivity contribution in [2.75, 3.05) is 7.05 Å². The standard InChI is InChI=1S/C11H12FN3S/c1-7-3-4-9(12)8(5-7)11(13-2)10-6-16-15-14-10/h3-6,11,13H,1-2H3. The van der Waals surface area contributed by atoms with E-state index in [2.05, 4.69) is 14.9 Å². The number of hydrogen-bond acceptors (Lipinski definition) is 4. The summed E-state index contributed by atoms with van der Waals surface area (Å²) in [5.74, 6) is -0.224. The third kappa shape index (κ3) is 2.10. The largest absolute Gasteiger partial charge is 0.308 e. The lowest BCUT2D eigenvalue weighted by Gasteiger charge is -2.15. The third-order valence-electron chi connectivity index (χ3n) is 2.42. The Labute approximate surface area is 97.5 Å². The van der Waals surface area contributed by atoms with Crippen LogP contribution in [0.25, 0.3) is 0 Å².